The van der Waals surface area contributed by atoms with Gasteiger partial charge in [-0.2, -0.15) is 0 Å². The van der Waals surface area contributed by atoms with Crippen LogP contribution in [0.1, 0.15) is 5.56 Å². The lowest BCUT2D eigenvalue weighted by Gasteiger charge is -2.06. The summed E-state index contributed by atoms with van der Waals surface area (Å²) in [6, 6.07) is 16.3. The maximum Gasteiger partial charge on any atom is 0.280 e. The molecule has 23 heavy (non-hydrogen) atoms. The summed E-state index contributed by atoms with van der Waals surface area (Å²) in [4.78, 5) is 28.5. The molecule has 0 radical (unpaired) electrons. The van der Waals surface area contributed by atoms with E-state index in [1.165, 1.54) is 6.08 Å². The average molecular weight is 323 g/mol. The van der Waals surface area contributed by atoms with Gasteiger partial charge in [0.15, 0.2) is 5.16 Å². The highest BCUT2D eigenvalue weighted by atomic mass is 32.2. The molecule has 5 nitrogen and oxygen atoms in total. The molecule has 0 saturated heterocycles. The summed E-state index contributed by atoms with van der Waals surface area (Å²) >= 11 is 0.820. The number of para-hydroxylation sites is 1. The van der Waals surface area contributed by atoms with E-state index < -0.39 is 0 Å². The fraction of sp³-hybridized carbons (Fsp3) is 0. The summed E-state index contributed by atoms with van der Waals surface area (Å²) in [5, 5.41) is 0.332. The Morgan fingerprint density at radius 3 is 2.57 bits per heavy atom. The van der Waals surface area contributed by atoms with E-state index in [0.29, 0.717) is 10.9 Å². The van der Waals surface area contributed by atoms with E-state index in [4.69, 9.17) is 5.84 Å². The van der Waals surface area contributed by atoms with Gasteiger partial charge in [0.25, 0.3) is 5.56 Å². The first kappa shape index (κ1) is 15.1. The van der Waals surface area contributed by atoms with Crippen LogP contribution < -0.4 is 11.4 Å². The first-order valence-corrected chi connectivity index (χ1v) is 7.68. The van der Waals surface area contributed by atoms with Crippen LogP contribution in [0.25, 0.3) is 17.0 Å². The molecule has 0 atom stereocenters. The van der Waals surface area contributed by atoms with Crippen LogP contribution in [-0.4, -0.2) is 14.8 Å². The third-order valence-electron chi connectivity index (χ3n) is 3.18. The van der Waals surface area contributed by atoms with Crippen LogP contribution in [0.5, 0.6) is 0 Å². The van der Waals surface area contributed by atoms with Gasteiger partial charge >= 0.3 is 0 Å². The van der Waals surface area contributed by atoms with Crippen molar-refractivity contribution in [2.24, 2.45) is 0 Å². The van der Waals surface area contributed by atoms with Crippen LogP contribution >= 0.6 is 11.8 Å². The Morgan fingerprint density at radius 1 is 1.09 bits per heavy atom. The van der Waals surface area contributed by atoms with Gasteiger partial charge in [0.2, 0.25) is 5.12 Å². The number of nitrogen functional groups attached to an aromatic ring is 1. The summed E-state index contributed by atoms with van der Waals surface area (Å²) < 4.78 is 0.904. The molecule has 0 amide bonds. The van der Waals surface area contributed by atoms with E-state index in [0.717, 1.165) is 22.0 Å². The third-order valence-corrected chi connectivity index (χ3v) is 3.99. The number of thioether (sulfide) groups is 1. The molecule has 0 saturated carbocycles. The zero-order valence-corrected chi connectivity index (χ0v) is 12.9. The van der Waals surface area contributed by atoms with Gasteiger partial charge in [0.1, 0.15) is 0 Å². The monoisotopic (exact) mass is 323 g/mol. The van der Waals surface area contributed by atoms with Crippen molar-refractivity contribution in [1.29, 1.82) is 0 Å². The zero-order chi connectivity index (χ0) is 16.2. The highest BCUT2D eigenvalue weighted by Gasteiger charge is 2.11. The normalized spacial score (nSPS) is 11.1. The van der Waals surface area contributed by atoms with E-state index in [2.05, 4.69) is 4.98 Å². The van der Waals surface area contributed by atoms with Crippen molar-refractivity contribution in [2.45, 2.75) is 5.16 Å². The number of nitrogens with zero attached hydrogens (tertiary/aromatic N) is 2. The standard InChI is InChI=1S/C17H13N3O2S/c18-20-16(22)13-8-4-5-9-14(13)19-17(20)23-15(21)11-10-12-6-2-1-3-7-12/h1-11H,18H2/b11-10+. The zero-order valence-electron chi connectivity index (χ0n) is 12.0. The predicted octanol–water partition coefficient (Wildman–Crippen LogP) is 2.44. The molecule has 2 aromatic carbocycles. The fourth-order valence-corrected chi connectivity index (χ4v) is 2.69. The van der Waals surface area contributed by atoms with Gasteiger partial charge < -0.3 is 5.84 Å². The van der Waals surface area contributed by atoms with Gasteiger partial charge in [-0.1, -0.05) is 48.5 Å². The van der Waals surface area contributed by atoms with Gasteiger partial charge in [-0.15, -0.1) is 0 Å². The quantitative estimate of drug-likeness (QED) is 0.347. The molecule has 1 heterocycles. The maximum atomic E-state index is 12.2. The Bertz CT molecular complexity index is 949. The molecule has 0 aliphatic rings. The van der Waals surface area contributed by atoms with E-state index in [1.807, 2.05) is 30.3 Å². The fourth-order valence-electron chi connectivity index (χ4n) is 2.05. The topological polar surface area (TPSA) is 78.0 Å². The second-order valence-corrected chi connectivity index (χ2v) is 5.72. The van der Waals surface area contributed by atoms with Gasteiger partial charge in [-0.3, -0.25) is 9.59 Å². The summed E-state index contributed by atoms with van der Waals surface area (Å²) in [6.45, 7) is 0. The van der Waals surface area contributed by atoms with E-state index in [1.54, 1.807) is 30.3 Å². The molecule has 2 N–H and O–H groups in total. The second kappa shape index (κ2) is 6.50. The number of benzene rings is 2. The van der Waals surface area contributed by atoms with Crippen LogP contribution in [0.4, 0.5) is 0 Å². The minimum Gasteiger partial charge on any atom is -0.334 e. The smallest absolute Gasteiger partial charge is 0.280 e. The lowest BCUT2D eigenvalue weighted by Crippen LogP contribution is -2.30. The summed E-state index contributed by atoms with van der Waals surface area (Å²) in [6.07, 6.45) is 3.14. The molecule has 3 rings (SSSR count). The van der Waals surface area contributed by atoms with E-state index in [9.17, 15) is 9.59 Å². The van der Waals surface area contributed by atoms with Crippen LogP contribution in [0.2, 0.25) is 0 Å². The number of fused-ring (bicyclic) bond motifs is 1. The van der Waals surface area contributed by atoms with Crippen LogP contribution in [0, 0.1) is 0 Å². The molecule has 1 aromatic heterocycles. The van der Waals surface area contributed by atoms with Crippen molar-refractivity contribution in [3.05, 3.63) is 76.6 Å². The van der Waals surface area contributed by atoms with Gasteiger partial charge in [0, 0.05) is 0 Å². The van der Waals surface area contributed by atoms with Crippen LogP contribution in [0.3, 0.4) is 0 Å². The Balaban J connectivity index is 1.87. The van der Waals surface area contributed by atoms with Crippen molar-refractivity contribution in [3.8, 4) is 0 Å². The van der Waals surface area contributed by atoms with Crippen LogP contribution in [0.15, 0.2) is 70.6 Å². The van der Waals surface area contributed by atoms with Gasteiger partial charge in [-0.25, -0.2) is 9.66 Å². The Morgan fingerprint density at radius 2 is 1.78 bits per heavy atom. The molecular weight excluding hydrogens is 310 g/mol. The largest absolute Gasteiger partial charge is 0.334 e. The molecule has 114 valence electrons. The number of nitrogens with two attached hydrogens (primary N) is 1. The lowest BCUT2D eigenvalue weighted by molar-refractivity contribution is -0.107. The van der Waals surface area contributed by atoms with Crippen LogP contribution in [-0.2, 0) is 4.79 Å². The molecular formula is C17H13N3O2S. The first-order chi connectivity index (χ1) is 11.1. The molecule has 0 unspecified atom stereocenters. The number of carbonyl (C=O) groups excluding carboxylic acids is 1. The van der Waals surface area contributed by atoms with E-state index in [-0.39, 0.29) is 15.8 Å². The molecule has 0 aliphatic carbocycles. The summed E-state index contributed by atoms with van der Waals surface area (Å²) in [5.41, 5.74) is 1.05. The Hall–Kier alpha value is -2.86. The van der Waals surface area contributed by atoms with Crippen molar-refractivity contribution in [1.82, 2.24) is 9.66 Å². The molecule has 0 bridgehead atoms. The second-order valence-electron chi connectivity index (χ2n) is 4.75. The average Bonchev–Trinajstić information content (AvgIpc) is 2.58. The number of hydrogen-bond donors (Lipinski definition) is 1. The molecule has 6 heteroatoms. The first-order valence-electron chi connectivity index (χ1n) is 6.87. The highest BCUT2D eigenvalue weighted by molar-refractivity contribution is 8.13. The van der Waals surface area contributed by atoms with Gasteiger partial charge in [-0.05, 0) is 35.5 Å². The van der Waals surface area contributed by atoms with Crippen molar-refractivity contribution >= 4 is 33.9 Å². The third kappa shape index (κ3) is 3.32. The summed E-state index contributed by atoms with van der Waals surface area (Å²) in [7, 11) is 0. The molecule has 3 aromatic rings. The number of rotatable bonds is 3. The molecule has 0 fully saturated rings. The van der Waals surface area contributed by atoms with Crippen molar-refractivity contribution in [2.75, 3.05) is 5.84 Å². The summed E-state index contributed by atoms with van der Waals surface area (Å²) in [5.74, 6) is 5.75. The van der Waals surface area contributed by atoms with E-state index >= 15 is 0 Å². The minimum absolute atomic E-state index is 0.163. The minimum atomic E-state index is -0.377. The molecule has 0 spiro atoms. The number of aromatic nitrogens is 2. The SMILES string of the molecule is Nn1c(SC(=O)/C=C/c2ccccc2)nc2ccccc2c1=O. The van der Waals surface area contributed by atoms with Crippen molar-refractivity contribution < 1.29 is 4.79 Å². The maximum absolute atomic E-state index is 12.2. The van der Waals surface area contributed by atoms with Crippen molar-refractivity contribution in [3.63, 3.8) is 0 Å². The number of carbonyl (C=O) groups is 1. The van der Waals surface area contributed by atoms with Gasteiger partial charge in [0.05, 0.1) is 10.9 Å². The Labute approximate surface area is 136 Å². The predicted molar refractivity (Wildman–Crippen MR) is 92.5 cm³/mol. The number of hydrogen-bond acceptors (Lipinski definition) is 5. The lowest BCUT2D eigenvalue weighted by atomic mass is 10.2. The highest BCUT2D eigenvalue weighted by Crippen LogP contribution is 2.18. The molecule has 0 aliphatic heterocycles. The Kier molecular flexibility index (Phi) is 4.25.